The standard InChI is InChI=1S/C21H19N3O2S2/c1-13-4-6-14(7-5-13)18-22-15(12-28-18)11-24-19(25)21(23-20(24)26)9-2-3-17-16(21)8-10-27-17/h4-8,10,12H,2-3,9,11H2,1H3,(H,23,26)/t21-/m0/s1. The molecule has 1 fully saturated rings. The van der Waals surface area contributed by atoms with E-state index in [0.717, 1.165) is 34.7 Å². The van der Waals surface area contributed by atoms with E-state index in [0.29, 0.717) is 6.42 Å². The monoisotopic (exact) mass is 409 g/mol. The number of carbonyl (C=O) groups excluding carboxylic acids is 2. The molecule has 3 heterocycles. The molecule has 5 rings (SSSR count). The van der Waals surface area contributed by atoms with E-state index in [1.54, 1.807) is 11.3 Å². The summed E-state index contributed by atoms with van der Waals surface area (Å²) < 4.78 is 0. The summed E-state index contributed by atoms with van der Waals surface area (Å²) in [6.07, 6.45) is 2.54. The fourth-order valence-electron chi connectivity index (χ4n) is 4.06. The van der Waals surface area contributed by atoms with Crippen molar-refractivity contribution in [3.05, 3.63) is 62.8 Å². The van der Waals surface area contributed by atoms with Crippen LogP contribution in [0.4, 0.5) is 4.79 Å². The van der Waals surface area contributed by atoms with Crippen LogP contribution >= 0.6 is 22.7 Å². The van der Waals surface area contributed by atoms with Crippen molar-refractivity contribution in [3.63, 3.8) is 0 Å². The number of aryl methyl sites for hydroxylation is 2. The molecule has 0 saturated carbocycles. The Balaban J connectivity index is 1.41. The van der Waals surface area contributed by atoms with Crippen LogP contribution in [-0.4, -0.2) is 21.8 Å². The van der Waals surface area contributed by atoms with E-state index >= 15 is 0 Å². The van der Waals surface area contributed by atoms with Crippen LogP contribution in [0.25, 0.3) is 10.6 Å². The van der Waals surface area contributed by atoms with Crippen molar-refractivity contribution in [2.75, 3.05) is 0 Å². The average molecular weight is 410 g/mol. The topological polar surface area (TPSA) is 62.3 Å². The van der Waals surface area contributed by atoms with Gasteiger partial charge in [-0.25, -0.2) is 9.78 Å². The highest BCUT2D eigenvalue weighted by Gasteiger charge is 2.54. The van der Waals surface area contributed by atoms with Crippen LogP contribution in [0.3, 0.4) is 0 Å². The van der Waals surface area contributed by atoms with Gasteiger partial charge in [0.2, 0.25) is 0 Å². The van der Waals surface area contributed by atoms with Gasteiger partial charge in [0.05, 0.1) is 12.2 Å². The van der Waals surface area contributed by atoms with Gasteiger partial charge in [0.1, 0.15) is 10.5 Å². The minimum Gasteiger partial charge on any atom is -0.319 e. The number of nitrogens with one attached hydrogen (secondary N) is 1. The fraction of sp³-hybridized carbons (Fsp3) is 0.286. The van der Waals surface area contributed by atoms with E-state index in [-0.39, 0.29) is 18.5 Å². The van der Waals surface area contributed by atoms with Crippen molar-refractivity contribution in [1.82, 2.24) is 15.2 Å². The molecule has 2 aliphatic rings. The van der Waals surface area contributed by atoms with E-state index in [2.05, 4.69) is 29.4 Å². The van der Waals surface area contributed by atoms with E-state index in [9.17, 15) is 9.59 Å². The lowest BCUT2D eigenvalue weighted by molar-refractivity contribution is -0.132. The van der Waals surface area contributed by atoms with Gasteiger partial charge in [0.15, 0.2) is 0 Å². The molecule has 1 aliphatic carbocycles. The maximum Gasteiger partial charge on any atom is 0.325 e. The highest BCUT2D eigenvalue weighted by molar-refractivity contribution is 7.13. The summed E-state index contributed by atoms with van der Waals surface area (Å²) in [5, 5.41) is 7.83. The average Bonchev–Trinajstić information content (AvgIpc) is 3.40. The Hall–Kier alpha value is -2.51. The van der Waals surface area contributed by atoms with Gasteiger partial charge < -0.3 is 5.32 Å². The maximum absolute atomic E-state index is 13.3. The minimum atomic E-state index is -0.888. The largest absolute Gasteiger partial charge is 0.325 e. The Bertz CT molecular complexity index is 1070. The van der Waals surface area contributed by atoms with Gasteiger partial charge in [-0.1, -0.05) is 29.8 Å². The number of fused-ring (bicyclic) bond motifs is 2. The molecule has 1 atom stereocenters. The predicted octanol–water partition coefficient (Wildman–Crippen LogP) is 4.46. The Labute approximate surface area is 171 Å². The number of thiazole rings is 1. The van der Waals surface area contributed by atoms with E-state index < -0.39 is 5.54 Å². The fourth-order valence-corrected chi connectivity index (χ4v) is 5.87. The molecule has 3 aromatic rings. The normalized spacial score (nSPS) is 21.2. The number of benzene rings is 1. The number of carbonyl (C=O) groups is 2. The molecular weight excluding hydrogens is 390 g/mol. The summed E-state index contributed by atoms with van der Waals surface area (Å²) in [6.45, 7) is 2.25. The van der Waals surface area contributed by atoms with E-state index in [1.165, 1.54) is 26.7 Å². The Kier molecular flexibility index (Phi) is 4.10. The third-order valence-electron chi connectivity index (χ3n) is 5.51. The number of aromatic nitrogens is 1. The molecule has 7 heteroatoms. The molecule has 1 saturated heterocycles. The smallest absolute Gasteiger partial charge is 0.319 e. The van der Waals surface area contributed by atoms with Crippen LogP contribution in [-0.2, 0) is 23.3 Å². The van der Waals surface area contributed by atoms with Crippen molar-refractivity contribution in [3.8, 4) is 10.6 Å². The number of thiophene rings is 1. The third-order valence-corrected chi connectivity index (χ3v) is 7.43. The van der Waals surface area contributed by atoms with E-state index in [1.807, 2.05) is 29.0 Å². The van der Waals surface area contributed by atoms with Crippen LogP contribution in [0, 0.1) is 6.92 Å². The van der Waals surface area contributed by atoms with Crippen molar-refractivity contribution < 1.29 is 9.59 Å². The number of amides is 3. The summed E-state index contributed by atoms with van der Waals surface area (Å²) >= 11 is 3.20. The zero-order valence-corrected chi connectivity index (χ0v) is 17.0. The highest BCUT2D eigenvalue weighted by atomic mass is 32.1. The minimum absolute atomic E-state index is 0.151. The van der Waals surface area contributed by atoms with Crippen LogP contribution in [0.1, 0.15) is 34.5 Å². The van der Waals surface area contributed by atoms with Crippen LogP contribution in [0.2, 0.25) is 0 Å². The molecular formula is C21H19N3O2S2. The molecule has 1 aromatic carbocycles. The summed E-state index contributed by atoms with van der Waals surface area (Å²) in [7, 11) is 0. The molecule has 1 N–H and O–H groups in total. The molecule has 3 amide bonds. The predicted molar refractivity (Wildman–Crippen MR) is 110 cm³/mol. The van der Waals surface area contributed by atoms with Gasteiger partial charge in [-0.15, -0.1) is 22.7 Å². The summed E-state index contributed by atoms with van der Waals surface area (Å²) in [5.41, 5.74) is 3.07. The summed E-state index contributed by atoms with van der Waals surface area (Å²) in [6, 6.07) is 9.85. The van der Waals surface area contributed by atoms with Gasteiger partial charge in [-0.3, -0.25) is 9.69 Å². The molecule has 5 nitrogen and oxygen atoms in total. The molecule has 0 unspecified atom stereocenters. The number of urea groups is 1. The van der Waals surface area contributed by atoms with Gasteiger partial charge in [-0.2, -0.15) is 0 Å². The molecule has 28 heavy (non-hydrogen) atoms. The van der Waals surface area contributed by atoms with Crippen LogP contribution in [0.15, 0.2) is 41.1 Å². The summed E-state index contributed by atoms with van der Waals surface area (Å²) in [5.74, 6) is -0.151. The van der Waals surface area contributed by atoms with Gasteiger partial charge in [-0.05, 0) is 37.6 Å². The molecule has 0 bridgehead atoms. The first-order valence-electron chi connectivity index (χ1n) is 9.29. The first kappa shape index (κ1) is 17.6. The second-order valence-corrected chi connectivity index (χ2v) is 9.21. The maximum atomic E-state index is 13.3. The molecule has 2 aromatic heterocycles. The molecule has 1 aliphatic heterocycles. The Morgan fingerprint density at radius 3 is 2.82 bits per heavy atom. The highest BCUT2D eigenvalue weighted by Crippen LogP contribution is 2.42. The SMILES string of the molecule is Cc1ccc(-c2nc(CN3C(=O)N[C@]4(CCCc5sccc54)C3=O)cs2)cc1. The van der Waals surface area contributed by atoms with Gasteiger partial charge in [0.25, 0.3) is 5.91 Å². The number of imide groups is 1. The van der Waals surface area contributed by atoms with Gasteiger partial charge >= 0.3 is 6.03 Å². The second-order valence-electron chi connectivity index (χ2n) is 7.35. The van der Waals surface area contributed by atoms with Crippen molar-refractivity contribution in [2.24, 2.45) is 0 Å². The number of rotatable bonds is 3. The lowest BCUT2D eigenvalue weighted by Gasteiger charge is -2.31. The second kappa shape index (κ2) is 6.53. The zero-order valence-electron chi connectivity index (χ0n) is 15.4. The lowest BCUT2D eigenvalue weighted by Crippen LogP contribution is -2.46. The first-order valence-corrected chi connectivity index (χ1v) is 11.1. The van der Waals surface area contributed by atoms with Crippen molar-refractivity contribution >= 4 is 34.6 Å². The van der Waals surface area contributed by atoms with Gasteiger partial charge in [0, 0.05) is 21.4 Å². The Morgan fingerprint density at radius 1 is 1.18 bits per heavy atom. The number of hydrogen-bond donors (Lipinski definition) is 1. The number of hydrogen-bond acceptors (Lipinski definition) is 5. The van der Waals surface area contributed by atoms with Crippen LogP contribution in [0.5, 0.6) is 0 Å². The zero-order chi connectivity index (χ0) is 19.3. The third kappa shape index (κ3) is 2.69. The summed E-state index contributed by atoms with van der Waals surface area (Å²) in [4.78, 5) is 33.2. The number of nitrogens with zero attached hydrogens (tertiary/aromatic N) is 2. The Morgan fingerprint density at radius 2 is 2.00 bits per heavy atom. The lowest BCUT2D eigenvalue weighted by atomic mass is 9.80. The van der Waals surface area contributed by atoms with E-state index in [4.69, 9.17) is 0 Å². The molecule has 1 spiro atoms. The first-order chi connectivity index (χ1) is 13.6. The molecule has 0 radical (unpaired) electrons. The van der Waals surface area contributed by atoms with Crippen molar-refractivity contribution in [1.29, 1.82) is 0 Å². The quantitative estimate of drug-likeness (QED) is 0.650. The van der Waals surface area contributed by atoms with Crippen molar-refractivity contribution in [2.45, 2.75) is 38.3 Å². The molecule has 142 valence electrons. The van der Waals surface area contributed by atoms with Crippen LogP contribution < -0.4 is 5.32 Å².